The number of amides is 1. The van der Waals surface area contributed by atoms with Crippen molar-refractivity contribution in [1.29, 1.82) is 0 Å². The molecule has 1 aromatic carbocycles. The highest BCUT2D eigenvalue weighted by Crippen LogP contribution is 2.43. The molecule has 0 radical (unpaired) electrons. The van der Waals surface area contributed by atoms with E-state index in [9.17, 15) is 4.79 Å². The first-order chi connectivity index (χ1) is 13.7. The lowest BCUT2D eigenvalue weighted by atomic mass is 9.77. The van der Waals surface area contributed by atoms with Gasteiger partial charge in [-0.2, -0.15) is 0 Å². The summed E-state index contributed by atoms with van der Waals surface area (Å²) in [5, 5.41) is 0.682. The van der Waals surface area contributed by atoms with E-state index in [4.69, 9.17) is 21.1 Å². The molecule has 3 rings (SSSR count). The minimum atomic E-state index is -0.531. The lowest BCUT2D eigenvalue weighted by Crippen LogP contribution is -2.44. The van der Waals surface area contributed by atoms with Crippen LogP contribution in [0.15, 0.2) is 41.0 Å². The minimum Gasteiger partial charge on any atom is -0.481 e. The molecule has 1 saturated heterocycles. The standard InChI is InChI=1S/C22H26BrClN2O3/c1-22(2,3)29-21(27)26-10-8-16(14-7-9-25-20(11-14)28-4)18(13-26)17-6-5-15(23)12-19(17)24/h5-7,9,11-12,16,18H,8,10,13H2,1-4H3/t16-,18+/m1/s1. The molecule has 0 bridgehead atoms. The lowest BCUT2D eigenvalue weighted by molar-refractivity contribution is 0.0184. The number of nitrogens with zero attached hydrogens (tertiary/aromatic N) is 2. The van der Waals surface area contributed by atoms with Crippen LogP contribution in [0.5, 0.6) is 5.88 Å². The van der Waals surface area contributed by atoms with Crippen LogP contribution < -0.4 is 4.74 Å². The number of pyridine rings is 1. The third kappa shape index (κ3) is 5.43. The molecule has 2 aromatic rings. The summed E-state index contributed by atoms with van der Waals surface area (Å²) >= 11 is 10.1. The zero-order valence-corrected chi connectivity index (χ0v) is 19.5. The Hall–Kier alpha value is -1.79. The van der Waals surface area contributed by atoms with Crippen molar-refractivity contribution in [1.82, 2.24) is 9.88 Å². The lowest BCUT2D eigenvalue weighted by Gasteiger charge is -2.40. The fraction of sp³-hybridized carbons (Fsp3) is 0.455. The third-order valence-corrected chi connectivity index (χ3v) is 5.84. The number of hydrogen-bond acceptors (Lipinski definition) is 4. The van der Waals surface area contributed by atoms with E-state index < -0.39 is 5.60 Å². The molecule has 7 heteroatoms. The number of methoxy groups -OCH3 is 1. The Morgan fingerprint density at radius 1 is 1.24 bits per heavy atom. The maximum absolute atomic E-state index is 12.7. The van der Waals surface area contributed by atoms with Crippen LogP contribution >= 0.6 is 27.5 Å². The van der Waals surface area contributed by atoms with E-state index >= 15 is 0 Å². The summed E-state index contributed by atoms with van der Waals surface area (Å²) in [6.07, 6.45) is 2.26. The number of ether oxygens (including phenoxy) is 2. The highest BCUT2D eigenvalue weighted by molar-refractivity contribution is 9.10. The summed E-state index contributed by atoms with van der Waals surface area (Å²) in [5.74, 6) is 0.797. The molecule has 2 atom stereocenters. The van der Waals surface area contributed by atoms with Gasteiger partial charge in [0.25, 0.3) is 0 Å². The van der Waals surface area contributed by atoms with Gasteiger partial charge in [0.15, 0.2) is 0 Å². The van der Waals surface area contributed by atoms with E-state index in [-0.39, 0.29) is 17.9 Å². The van der Waals surface area contributed by atoms with Crippen molar-refractivity contribution >= 4 is 33.6 Å². The van der Waals surface area contributed by atoms with Crippen molar-refractivity contribution in [3.63, 3.8) is 0 Å². The molecule has 1 aromatic heterocycles. The van der Waals surface area contributed by atoms with Gasteiger partial charge in [-0.25, -0.2) is 9.78 Å². The quantitative estimate of drug-likeness (QED) is 0.538. The third-order valence-electron chi connectivity index (χ3n) is 5.02. The summed E-state index contributed by atoms with van der Waals surface area (Å²) in [6, 6.07) is 9.88. The largest absolute Gasteiger partial charge is 0.481 e. The second-order valence-electron chi connectivity index (χ2n) is 8.23. The van der Waals surface area contributed by atoms with Crippen molar-refractivity contribution in [2.75, 3.05) is 20.2 Å². The van der Waals surface area contributed by atoms with Crippen LogP contribution in [0, 0.1) is 0 Å². The van der Waals surface area contributed by atoms with Crippen molar-refractivity contribution in [3.05, 3.63) is 57.2 Å². The Bertz CT molecular complexity index is 885. The molecule has 29 heavy (non-hydrogen) atoms. The van der Waals surface area contributed by atoms with Crippen molar-refractivity contribution < 1.29 is 14.3 Å². The van der Waals surface area contributed by atoms with Crippen LogP contribution in [0.25, 0.3) is 0 Å². The van der Waals surface area contributed by atoms with E-state index in [1.54, 1.807) is 18.2 Å². The highest BCUT2D eigenvalue weighted by Gasteiger charge is 2.36. The fourth-order valence-corrected chi connectivity index (χ4v) is 4.54. The van der Waals surface area contributed by atoms with Crippen LogP contribution in [0.4, 0.5) is 4.79 Å². The highest BCUT2D eigenvalue weighted by atomic mass is 79.9. The van der Waals surface area contributed by atoms with Gasteiger partial charge < -0.3 is 14.4 Å². The van der Waals surface area contributed by atoms with Gasteiger partial charge in [-0.3, -0.25) is 0 Å². The fourth-order valence-electron chi connectivity index (χ4n) is 3.73. The van der Waals surface area contributed by atoms with Gasteiger partial charge in [0, 0.05) is 40.8 Å². The Labute approximate surface area is 185 Å². The van der Waals surface area contributed by atoms with Gasteiger partial charge in [-0.15, -0.1) is 0 Å². The second-order valence-corrected chi connectivity index (χ2v) is 9.55. The second kappa shape index (κ2) is 8.92. The van der Waals surface area contributed by atoms with Gasteiger partial charge in [-0.05, 0) is 62.4 Å². The van der Waals surface area contributed by atoms with Gasteiger partial charge >= 0.3 is 6.09 Å². The number of piperidine rings is 1. The number of carbonyl (C=O) groups excluding carboxylic acids is 1. The Morgan fingerprint density at radius 3 is 2.66 bits per heavy atom. The molecule has 0 spiro atoms. The number of likely N-dealkylation sites (tertiary alicyclic amines) is 1. The molecule has 1 aliphatic rings. The van der Waals surface area contributed by atoms with E-state index in [2.05, 4.69) is 20.9 Å². The van der Waals surface area contributed by atoms with E-state index in [1.165, 1.54) is 0 Å². The maximum Gasteiger partial charge on any atom is 0.410 e. The van der Waals surface area contributed by atoms with Crippen LogP contribution in [0.3, 0.4) is 0 Å². The maximum atomic E-state index is 12.7. The van der Waals surface area contributed by atoms with Gasteiger partial charge in [-0.1, -0.05) is 33.6 Å². The number of aromatic nitrogens is 1. The van der Waals surface area contributed by atoms with Crippen molar-refractivity contribution in [2.24, 2.45) is 0 Å². The summed E-state index contributed by atoms with van der Waals surface area (Å²) < 4.78 is 11.8. The molecule has 0 unspecified atom stereocenters. The molecular formula is C22H26BrClN2O3. The van der Waals surface area contributed by atoms with Crippen LogP contribution in [-0.2, 0) is 4.74 Å². The molecule has 0 N–H and O–H groups in total. The number of hydrogen-bond donors (Lipinski definition) is 0. The van der Waals surface area contributed by atoms with Gasteiger partial charge in [0.1, 0.15) is 5.60 Å². The van der Waals surface area contributed by atoms with Gasteiger partial charge in [0.2, 0.25) is 5.88 Å². The smallest absolute Gasteiger partial charge is 0.410 e. The molecule has 5 nitrogen and oxygen atoms in total. The Kier molecular flexibility index (Phi) is 6.74. The summed E-state index contributed by atoms with van der Waals surface area (Å²) in [5.41, 5.74) is 1.62. The number of benzene rings is 1. The zero-order valence-electron chi connectivity index (χ0n) is 17.1. The van der Waals surface area contributed by atoms with E-state index in [1.807, 2.05) is 51.1 Å². The topological polar surface area (TPSA) is 51.7 Å². The van der Waals surface area contributed by atoms with Crippen LogP contribution in [0.1, 0.15) is 50.2 Å². The van der Waals surface area contributed by atoms with E-state index in [0.29, 0.717) is 24.0 Å². The minimum absolute atomic E-state index is 0.0315. The molecule has 0 saturated carbocycles. The first-order valence-corrected chi connectivity index (χ1v) is 10.8. The van der Waals surface area contributed by atoms with E-state index in [0.717, 1.165) is 22.0 Å². The van der Waals surface area contributed by atoms with Gasteiger partial charge in [0.05, 0.1) is 7.11 Å². The normalized spacial score (nSPS) is 19.7. The monoisotopic (exact) mass is 480 g/mol. The first-order valence-electron chi connectivity index (χ1n) is 9.61. The average Bonchev–Trinajstić information content (AvgIpc) is 2.66. The Morgan fingerprint density at radius 2 is 2.00 bits per heavy atom. The average molecular weight is 482 g/mol. The molecule has 2 heterocycles. The number of halogens is 2. The summed E-state index contributed by atoms with van der Waals surface area (Å²) in [4.78, 5) is 18.7. The molecule has 0 aliphatic carbocycles. The molecular weight excluding hydrogens is 456 g/mol. The van der Waals surface area contributed by atoms with Crippen molar-refractivity contribution in [3.8, 4) is 5.88 Å². The van der Waals surface area contributed by atoms with Crippen molar-refractivity contribution in [2.45, 2.75) is 44.6 Å². The predicted molar refractivity (Wildman–Crippen MR) is 118 cm³/mol. The predicted octanol–water partition coefficient (Wildman–Crippen LogP) is 6.01. The molecule has 1 aliphatic heterocycles. The molecule has 156 valence electrons. The summed E-state index contributed by atoms with van der Waals surface area (Å²) in [6.45, 7) is 6.79. The number of rotatable bonds is 3. The Balaban J connectivity index is 1.95. The SMILES string of the molecule is COc1cc([C@H]2CCN(C(=O)OC(C)(C)C)C[C@@H]2c2ccc(Br)cc2Cl)ccn1. The molecule has 1 fully saturated rings. The first kappa shape index (κ1) is 21.9. The summed E-state index contributed by atoms with van der Waals surface area (Å²) in [7, 11) is 1.61. The molecule has 1 amide bonds. The van der Waals surface area contributed by atoms with Crippen LogP contribution in [-0.4, -0.2) is 41.8 Å². The number of carbonyl (C=O) groups is 1. The zero-order chi connectivity index (χ0) is 21.2. The van der Waals surface area contributed by atoms with Crippen LogP contribution in [0.2, 0.25) is 5.02 Å².